The van der Waals surface area contributed by atoms with Crippen LogP contribution >= 0.6 is 11.8 Å². The average molecular weight is 513 g/mol. The van der Waals surface area contributed by atoms with Gasteiger partial charge in [-0.1, -0.05) is 11.8 Å². The molecule has 2 N–H and O–H groups in total. The molecule has 1 amide bonds. The minimum atomic E-state index is -4.21. The maximum atomic E-state index is 12.8. The van der Waals surface area contributed by atoms with E-state index in [9.17, 15) is 31.2 Å². The van der Waals surface area contributed by atoms with Crippen molar-refractivity contribution in [2.45, 2.75) is 39.3 Å². The van der Waals surface area contributed by atoms with Crippen LogP contribution in [0, 0.1) is 0 Å². The van der Waals surface area contributed by atoms with E-state index in [0.29, 0.717) is 17.3 Å². The van der Waals surface area contributed by atoms with Gasteiger partial charge in [0.1, 0.15) is 21.2 Å². The summed E-state index contributed by atoms with van der Waals surface area (Å²) in [6.07, 6.45) is -0.391. The van der Waals surface area contributed by atoms with E-state index in [4.69, 9.17) is 14.6 Å². The Morgan fingerprint density at radius 1 is 1.31 bits per heavy atom. The van der Waals surface area contributed by atoms with Crippen molar-refractivity contribution in [1.29, 1.82) is 0 Å². The van der Waals surface area contributed by atoms with Gasteiger partial charge in [0.05, 0.1) is 11.8 Å². The minimum absolute atomic E-state index is 0.0678. The molecule has 0 fully saturated rings. The second-order valence-corrected chi connectivity index (χ2v) is 12.0. The zero-order chi connectivity index (χ0) is 24.3. The highest BCUT2D eigenvalue weighted by Crippen LogP contribution is 2.46. The topological polar surface area (TPSA) is 176 Å². The highest BCUT2D eigenvalue weighted by atomic mass is 32.3. The average Bonchev–Trinajstić information content (AvgIpc) is 2.99. The van der Waals surface area contributed by atoms with Crippen molar-refractivity contribution in [3.05, 3.63) is 20.1 Å². The summed E-state index contributed by atoms with van der Waals surface area (Å²) < 4.78 is 62.6. The largest absolute Gasteiger partial charge is 0.459 e. The van der Waals surface area contributed by atoms with Crippen molar-refractivity contribution in [2.75, 3.05) is 25.5 Å². The third kappa shape index (κ3) is 6.46. The molecule has 180 valence electrons. The van der Waals surface area contributed by atoms with Crippen LogP contribution in [0.15, 0.2) is 20.1 Å². The number of likely N-dealkylation sites (N-methyl/N-ethyl adjacent to an activating group) is 1. The summed E-state index contributed by atoms with van der Waals surface area (Å²) in [5.41, 5.74) is 0.390. The van der Waals surface area contributed by atoms with E-state index in [2.05, 4.69) is 4.74 Å². The Labute approximate surface area is 190 Å². The number of rotatable bonds is 8. The molecule has 0 bridgehead atoms. The van der Waals surface area contributed by atoms with Gasteiger partial charge in [0.25, 0.3) is 0 Å². The summed E-state index contributed by atoms with van der Waals surface area (Å²) in [5, 5.41) is 5.20. The number of primary sulfonamides is 1. The SMILES string of the molecule is CCN(C(=O)OC(C)COC(=O)COC(C)=O)[C@H]1C=C(S(N)(=O)=O)SC2=C1CCS2(=O)=O. The second kappa shape index (κ2) is 10.2. The number of hydrogen-bond donors (Lipinski definition) is 1. The Morgan fingerprint density at radius 3 is 2.53 bits per heavy atom. The highest BCUT2D eigenvalue weighted by molar-refractivity contribution is 8.27. The molecule has 2 heterocycles. The van der Waals surface area contributed by atoms with Crippen LogP contribution < -0.4 is 5.14 Å². The number of sulfone groups is 1. The fourth-order valence-corrected chi connectivity index (χ4v) is 7.20. The maximum absolute atomic E-state index is 12.8. The van der Waals surface area contributed by atoms with E-state index in [0.717, 1.165) is 11.8 Å². The fourth-order valence-electron chi connectivity index (χ4n) is 2.95. The minimum Gasteiger partial charge on any atom is -0.459 e. The Morgan fingerprint density at radius 2 is 1.97 bits per heavy atom. The Kier molecular flexibility index (Phi) is 8.36. The van der Waals surface area contributed by atoms with Gasteiger partial charge in [-0.2, -0.15) is 0 Å². The number of hydrogen-bond acceptors (Lipinski definition) is 11. The lowest BCUT2D eigenvalue weighted by molar-refractivity contribution is -0.159. The van der Waals surface area contributed by atoms with Gasteiger partial charge in [-0.05, 0) is 31.9 Å². The van der Waals surface area contributed by atoms with Gasteiger partial charge in [0, 0.05) is 13.5 Å². The highest BCUT2D eigenvalue weighted by Gasteiger charge is 2.42. The number of ether oxygens (including phenoxy) is 3. The number of amides is 1. The predicted octanol–water partition coefficient (Wildman–Crippen LogP) is 0.215. The maximum Gasteiger partial charge on any atom is 0.410 e. The first-order valence-corrected chi connectivity index (χ1v) is 13.4. The van der Waals surface area contributed by atoms with Gasteiger partial charge in [-0.3, -0.25) is 9.69 Å². The summed E-state index contributed by atoms with van der Waals surface area (Å²) >= 11 is 0.559. The summed E-state index contributed by atoms with van der Waals surface area (Å²) in [6, 6.07) is -0.979. The first-order valence-electron chi connectivity index (χ1n) is 9.40. The van der Waals surface area contributed by atoms with Crippen LogP contribution in [0.5, 0.6) is 0 Å². The van der Waals surface area contributed by atoms with E-state index < -0.39 is 56.6 Å². The molecule has 0 spiro atoms. The van der Waals surface area contributed by atoms with Gasteiger partial charge in [0.2, 0.25) is 10.0 Å². The van der Waals surface area contributed by atoms with Crippen LogP contribution in [-0.4, -0.2) is 77.4 Å². The lowest BCUT2D eigenvalue weighted by Crippen LogP contribution is -2.43. The summed E-state index contributed by atoms with van der Waals surface area (Å²) in [4.78, 5) is 36.1. The number of carbonyl (C=O) groups excluding carboxylic acids is 3. The molecular formula is C17H24N2O10S3. The number of nitrogens with two attached hydrogens (primary N) is 1. The summed E-state index contributed by atoms with van der Waals surface area (Å²) in [6.45, 7) is 3.37. The normalized spacial score (nSPS) is 20.6. The van der Waals surface area contributed by atoms with Crippen LogP contribution in [0.1, 0.15) is 27.2 Å². The number of thioether (sulfide) groups is 1. The van der Waals surface area contributed by atoms with Crippen molar-refractivity contribution in [2.24, 2.45) is 5.14 Å². The van der Waals surface area contributed by atoms with E-state index in [1.165, 1.54) is 13.0 Å². The third-order valence-electron chi connectivity index (χ3n) is 4.39. The van der Waals surface area contributed by atoms with Crippen LogP contribution in [0.3, 0.4) is 0 Å². The Bertz CT molecular complexity index is 1060. The van der Waals surface area contributed by atoms with E-state index in [1.807, 2.05) is 0 Å². The molecule has 0 aromatic rings. The lowest BCUT2D eigenvalue weighted by atomic mass is 10.1. The van der Waals surface area contributed by atoms with E-state index >= 15 is 0 Å². The molecule has 2 rings (SSSR count). The summed E-state index contributed by atoms with van der Waals surface area (Å²) in [7, 11) is -7.90. The van der Waals surface area contributed by atoms with Gasteiger partial charge in [-0.15, -0.1) is 0 Å². The van der Waals surface area contributed by atoms with Crippen molar-refractivity contribution < 1.29 is 45.4 Å². The molecule has 2 aliphatic rings. The quantitative estimate of drug-likeness (QED) is 0.347. The smallest absolute Gasteiger partial charge is 0.410 e. The van der Waals surface area contributed by atoms with Gasteiger partial charge >= 0.3 is 18.0 Å². The number of carbonyl (C=O) groups is 3. The van der Waals surface area contributed by atoms with Crippen LogP contribution in [0.25, 0.3) is 0 Å². The van der Waals surface area contributed by atoms with E-state index in [1.54, 1.807) is 6.92 Å². The van der Waals surface area contributed by atoms with Crippen molar-refractivity contribution in [3.63, 3.8) is 0 Å². The Hall–Kier alpha value is -2.10. The molecule has 0 aromatic carbocycles. The van der Waals surface area contributed by atoms with Gasteiger partial charge in [-0.25, -0.2) is 31.6 Å². The van der Waals surface area contributed by atoms with Crippen molar-refractivity contribution in [1.82, 2.24) is 4.90 Å². The molecule has 0 aromatic heterocycles. The second-order valence-electron chi connectivity index (χ2n) is 6.90. The molecule has 32 heavy (non-hydrogen) atoms. The molecule has 1 unspecified atom stereocenters. The van der Waals surface area contributed by atoms with Crippen LogP contribution in [-0.2, 0) is 43.7 Å². The molecule has 0 saturated carbocycles. The lowest BCUT2D eigenvalue weighted by Gasteiger charge is -2.32. The van der Waals surface area contributed by atoms with Crippen LogP contribution in [0.4, 0.5) is 4.79 Å². The van der Waals surface area contributed by atoms with Crippen molar-refractivity contribution >= 4 is 49.7 Å². The van der Waals surface area contributed by atoms with Gasteiger partial charge in [0.15, 0.2) is 16.4 Å². The standard InChI is InChI=1S/C17H24N2O10S3/c1-4-19(17(22)29-10(2)8-28-14(21)9-27-11(3)20)13-7-15(32(18,25)26)30-16-12(13)5-6-31(16,23)24/h7,10,13H,4-6,8-9H2,1-3H3,(H2,18,25,26)/t10?,13-/m0/s1. The number of esters is 2. The first-order chi connectivity index (χ1) is 14.8. The number of sulfonamides is 1. The van der Waals surface area contributed by atoms with Crippen LogP contribution in [0.2, 0.25) is 0 Å². The Balaban J connectivity index is 2.15. The molecule has 0 saturated heterocycles. The fraction of sp³-hybridized carbons (Fsp3) is 0.588. The molecule has 0 radical (unpaired) electrons. The predicted molar refractivity (Wildman–Crippen MR) is 114 cm³/mol. The van der Waals surface area contributed by atoms with Crippen molar-refractivity contribution in [3.8, 4) is 0 Å². The molecule has 0 aliphatic carbocycles. The zero-order valence-corrected chi connectivity index (χ0v) is 20.0. The molecular weight excluding hydrogens is 488 g/mol. The monoisotopic (exact) mass is 512 g/mol. The molecule has 2 atom stereocenters. The first kappa shape index (κ1) is 26.2. The molecule has 12 nitrogen and oxygen atoms in total. The summed E-state index contributed by atoms with van der Waals surface area (Å²) in [5.74, 6) is -1.68. The van der Waals surface area contributed by atoms with E-state index in [-0.39, 0.29) is 33.8 Å². The molecule has 2 aliphatic heterocycles. The number of nitrogens with zero attached hydrogens (tertiary/aromatic N) is 1. The zero-order valence-electron chi connectivity index (χ0n) is 17.6. The molecule has 15 heteroatoms. The third-order valence-corrected chi connectivity index (χ3v) is 9.40. The van der Waals surface area contributed by atoms with Gasteiger partial charge < -0.3 is 14.2 Å².